The van der Waals surface area contributed by atoms with Gasteiger partial charge in [0.15, 0.2) is 0 Å². The number of carbonyl (C=O) groups excluding carboxylic acids is 1. The zero-order valence-electron chi connectivity index (χ0n) is 16.0. The van der Waals surface area contributed by atoms with Gasteiger partial charge in [0.2, 0.25) is 5.91 Å². The summed E-state index contributed by atoms with van der Waals surface area (Å²) >= 11 is 6.11. The van der Waals surface area contributed by atoms with Crippen LogP contribution in [-0.2, 0) is 17.9 Å². The minimum absolute atomic E-state index is 0.0171. The molecule has 2 aromatic rings. The largest absolute Gasteiger partial charge is 0.496 e. The van der Waals surface area contributed by atoms with Crippen LogP contribution in [0.25, 0.3) is 0 Å². The minimum atomic E-state index is -0.273. The second kappa shape index (κ2) is 9.87. The van der Waals surface area contributed by atoms with Gasteiger partial charge in [0, 0.05) is 55.4 Å². The van der Waals surface area contributed by atoms with E-state index in [1.165, 1.54) is 6.07 Å². The molecule has 0 atom stereocenters. The fourth-order valence-electron chi connectivity index (χ4n) is 3.31. The number of halogens is 2. The monoisotopic (exact) mass is 405 g/mol. The first-order chi connectivity index (χ1) is 13.6. The fraction of sp³-hybridized carbons (Fsp3) is 0.381. The molecule has 150 valence electrons. The predicted molar refractivity (Wildman–Crippen MR) is 108 cm³/mol. The Hall–Kier alpha value is -2.15. The van der Waals surface area contributed by atoms with Crippen LogP contribution in [0.1, 0.15) is 11.1 Å². The highest BCUT2D eigenvalue weighted by molar-refractivity contribution is 6.31. The molecule has 0 saturated carbocycles. The zero-order chi connectivity index (χ0) is 19.9. The van der Waals surface area contributed by atoms with Gasteiger partial charge >= 0.3 is 0 Å². The number of nitrogens with one attached hydrogen (secondary N) is 1. The van der Waals surface area contributed by atoms with Crippen LogP contribution >= 0.6 is 11.6 Å². The van der Waals surface area contributed by atoms with E-state index in [9.17, 15) is 9.18 Å². The maximum absolute atomic E-state index is 13.9. The molecule has 1 saturated heterocycles. The van der Waals surface area contributed by atoms with Crippen molar-refractivity contribution >= 4 is 17.5 Å². The van der Waals surface area contributed by atoms with Crippen LogP contribution in [0.5, 0.6) is 5.75 Å². The standard InChI is InChI=1S/C21H25ClFN3O2/c1-28-20-8-3-2-5-16(20)13-24-21(27)15-26-11-9-25(10-12-26)14-17-18(22)6-4-7-19(17)23/h2-8H,9-15H2,1H3,(H,24,27). The Balaban J connectivity index is 1.43. The number of ether oxygens (including phenoxy) is 1. The number of hydrogen-bond donors (Lipinski definition) is 1. The summed E-state index contributed by atoms with van der Waals surface area (Å²) in [6, 6.07) is 12.4. The number of piperazine rings is 1. The highest BCUT2D eigenvalue weighted by Crippen LogP contribution is 2.21. The second-order valence-electron chi connectivity index (χ2n) is 6.84. The van der Waals surface area contributed by atoms with Crippen LogP contribution in [0, 0.1) is 5.82 Å². The van der Waals surface area contributed by atoms with Gasteiger partial charge in [-0.25, -0.2) is 4.39 Å². The molecule has 0 spiro atoms. The van der Waals surface area contributed by atoms with E-state index in [2.05, 4.69) is 15.1 Å². The Morgan fingerprint density at radius 1 is 1.11 bits per heavy atom. The average Bonchev–Trinajstić information content (AvgIpc) is 2.71. The van der Waals surface area contributed by atoms with Crippen molar-refractivity contribution in [2.45, 2.75) is 13.1 Å². The molecular weight excluding hydrogens is 381 g/mol. The molecule has 7 heteroatoms. The summed E-state index contributed by atoms with van der Waals surface area (Å²) in [5.41, 5.74) is 1.48. The quantitative estimate of drug-likeness (QED) is 0.769. The van der Waals surface area contributed by atoms with Crippen LogP contribution in [0.2, 0.25) is 5.02 Å². The van der Waals surface area contributed by atoms with Crippen LogP contribution in [0.15, 0.2) is 42.5 Å². The van der Waals surface area contributed by atoms with Gasteiger partial charge < -0.3 is 10.1 Å². The molecule has 1 fully saturated rings. The molecule has 1 heterocycles. The van der Waals surface area contributed by atoms with E-state index in [1.807, 2.05) is 24.3 Å². The molecule has 1 N–H and O–H groups in total. The van der Waals surface area contributed by atoms with Gasteiger partial charge in [-0.3, -0.25) is 14.6 Å². The summed E-state index contributed by atoms with van der Waals surface area (Å²) in [5.74, 6) is 0.477. The number of para-hydroxylation sites is 1. The van der Waals surface area contributed by atoms with Crippen molar-refractivity contribution in [3.63, 3.8) is 0 Å². The summed E-state index contributed by atoms with van der Waals surface area (Å²) in [4.78, 5) is 16.5. The van der Waals surface area contributed by atoms with Crippen molar-refractivity contribution in [2.24, 2.45) is 0 Å². The normalized spacial score (nSPS) is 15.4. The predicted octanol–water partition coefficient (Wildman–Crippen LogP) is 2.92. The summed E-state index contributed by atoms with van der Waals surface area (Å²) in [5, 5.41) is 3.40. The lowest BCUT2D eigenvalue weighted by Crippen LogP contribution is -2.49. The Bertz CT molecular complexity index is 790. The molecule has 1 aliphatic heterocycles. The Morgan fingerprint density at radius 2 is 1.82 bits per heavy atom. The van der Waals surface area contributed by atoms with E-state index < -0.39 is 0 Å². The molecule has 28 heavy (non-hydrogen) atoms. The van der Waals surface area contributed by atoms with Gasteiger partial charge in [-0.05, 0) is 18.2 Å². The Labute approximate surface area is 170 Å². The maximum atomic E-state index is 13.9. The molecule has 5 nitrogen and oxygen atoms in total. The lowest BCUT2D eigenvalue weighted by Gasteiger charge is -2.34. The van der Waals surface area contributed by atoms with Crippen molar-refractivity contribution in [1.29, 1.82) is 0 Å². The van der Waals surface area contributed by atoms with Gasteiger partial charge in [-0.1, -0.05) is 35.9 Å². The SMILES string of the molecule is COc1ccccc1CNC(=O)CN1CCN(Cc2c(F)cccc2Cl)CC1. The lowest BCUT2D eigenvalue weighted by atomic mass is 10.2. The molecular formula is C21H25ClFN3O2. The number of carbonyl (C=O) groups is 1. The number of amides is 1. The smallest absolute Gasteiger partial charge is 0.234 e. The maximum Gasteiger partial charge on any atom is 0.234 e. The van der Waals surface area contributed by atoms with E-state index in [-0.39, 0.29) is 11.7 Å². The zero-order valence-corrected chi connectivity index (χ0v) is 16.7. The molecule has 2 aromatic carbocycles. The Morgan fingerprint density at radius 3 is 2.54 bits per heavy atom. The van der Waals surface area contributed by atoms with Crippen molar-refractivity contribution in [1.82, 2.24) is 15.1 Å². The second-order valence-corrected chi connectivity index (χ2v) is 7.25. The Kier molecular flexibility index (Phi) is 7.25. The van der Waals surface area contributed by atoms with Gasteiger partial charge in [-0.15, -0.1) is 0 Å². The van der Waals surface area contributed by atoms with Crippen LogP contribution in [-0.4, -0.2) is 55.5 Å². The first-order valence-corrected chi connectivity index (χ1v) is 9.71. The van der Waals surface area contributed by atoms with Crippen molar-refractivity contribution < 1.29 is 13.9 Å². The van der Waals surface area contributed by atoms with Gasteiger partial charge in [0.05, 0.1) is 13.7 Å². The molecule has 0 radical (unpaired) electrons. The molecule has 0 aromatic heterocycles. The van der Waals surface area contributed by atoms with Crippen molar-refractivity contribution in [3.8, 4) is 5.75 Å². The van der Waals surface area contributed by atoms with Crippen molar-refractivity contribution in [3.05, 3.63) is 64.4 Å². The number of benzene rings is 2. The number of nitrogens with zero attached hydrogens (tertiary/aromatic N) is 2. The van der Waals surface area contributed by atoms with E-state index in [0.29, 0.717) is 30.2 Å². The highest BCUT2D eigenvalue weighted by Gasteiger charge is 2.20. The third kappa shape index (κ3) is 5.44. The summed E-state index contributed by atoms with van der Waals surface area (Å²) in [6.45, 7) is 4.33. The van der Waals surface area contributed by atoms with E-state index in [0.717, 1.165) is 37.5 Å². The van der Waals surface area contributed by atoms with E-state index in [4.69, 9.17) is 16.3 Å². The van der Waals surface area contributed by atoms with Gasteiger partial charge in [-0.2, -0.15) is 0 Å². The third-order valence-electron chi connectivity index (χ3n) is 4.94. The number of methoxy groups -OCH3 is 1. The van der Waals surface area contributed by atoms with Gasteiger partial charge in [0.1, 0.15) is 11.6 Å². The fourth-order valence-corrected chi connectivity index (χ4v) is 3.54. The molecule has 1 aliphatic rings. The summed E-state index contributed by atoms with van der Waals surface area (Å²) in [6.07, 6.45) is 0. The van der Waals surface area contributed by atoms with Gasteiger partial charge in [0.25, 0.3) is 0 Å². The van der Waals surface area contributed by atoms with Crippen LogP contribution < -0.4 is 10.1 Å². The van der Waals surface area contributed by atoms with E-state index >= 15 is 0 Å². The van der Waals surface area contributed by atoms with E-state index in [1.54, 1.807) is 19.2 Å². The number of hydrogen-bond acceptors (Lipinski definition) is 4. The molecule has 3 rings (SSSR count). The molecule has 0 aliphatic carbocycles. The lowest BCUT2D eigenvalue weighted by molar-refractivity contribution is -0.122. The van der Waals surface area contributed by atoms with Crippen LogP contribution in [0.4, 0.5) is 4.39 Å². The first kappa shape index (κ1) is 20.6. The topological polar surface area (TPSA) is 44.8 Å². The third-order valence-corrected chi connectivity index (χ3v) is 5.30. The number of rotatable bonds is 7. The molecule has 1 amide bonds. The average molecular weight is 406 g/mol. The summed E-state index contributed by atoms with van der Waals surface area (Å²) in [7, 11) is 1.62. The summed E-state index contributed by atoms with van der Waals surface area (Å²) < 4.78 is 19.3. The molecule has 0 bridgehead atoms. The van der Waals surface area contributed by atoms with Crippen molar-refractivity contribution in [2.75, 3.05) is 39.8 Å². The van der Waals surface area contributed by atoms with Crippen LogP contribution in [0.3, 0.4) is 0 Å². The molecule has 0 unspecified atom stereocenters. The first-order valence-electron chi connectivity index (χ1n) is 9.33. The highest BCUT2D eigenvalue weighted by atomic mass is 35.5. The minimum Gasteiger partial charge on any atom is -0.496 e.